The Morgan fingerprint density at radius 1 is 1.29 bits per heavy atom. The molecule has 0 saturated heterocycles. The van der Waals surface area contributed by atoms with Gasteiger partial charge in [0.05, 0.1) is 13.0 Å². The normalized spacial score (nSPS) is 11.9. The molecule has 0 aromatic heterocycles. The number of carbonyl (C=O) groups excluding carboxylic acids is 2. The van der Waals surface area contributed by atoms with Gasteiger partial charge in [0.1, 0.15) is 0 Å². The minimum Gasteiger partial charge on any atom is -0.466 e. The Morgan fingerprint density at radius 3 is 2.59 bits per heavy atom. The molecule has 0 aliphatic carbocycles. The van der Waals surface area contributed by atoms with Crippen LogP contribution in [0.1, 0.15) is 40.0 Å². The van der Waals surface area contributed by atoms with E-state index in [0.29, 0.717) is 6.61 Å². The second-order valence-electron chi connectivity index (χ2n) is 3.76. The summed E-state index contributed by atoms with van der Waals surface area (Å²) < 4.78 is 4.75. The van der Waals surface area contributed by atoms with Crippen molar-refractivity contribution in [3.8, 4) is 0 Å². The van der Waals surface area contributed by atoms with E-state index in [4.69, 9.17) is 4.74 Å². The van der Waals surface area contributed by atoms with Crippen molar-refractivity contribution in [2.24, 2.45) is 0 Å². The summed E-state index contributed by atoms with van der Waals surface area (Å²) in [5, 5.41) is 2.88. The van der Waals surface area contributed by atoms with E-state index < -0.39 is 0 Å². The zero-order valence-electron chi connectivity index (χ0n) is 11.0. The Labute approximate surface area is 108 Å². The number of amides is 1. The van der Waals surface area contributed by atoms with Gasteiger partial charge in [0.25, 0.3) is 0 Å². The van der Waals surface area contributed by atoms with Gasteiger partial charge in [-0.1, -0.05) is 6.92 Å². The summed E-state index contributed by atoms with van der Waals surface area (Å²) in [5.74, 6) is 1.77. The van der Waals surface area contributed by atoms with Crippen LogP contribution in [0, 0.1) is 0 Å². The molecular weight excluding hydrogens is 238 g/mol. The number of ether oxygens (including phenoxy) is 1. The van der Waals surface area contributed by atoms with E-state index in [1.54, 1.807) is 6.92 Å². The van der Waals surface area contributed by atoms with Crippen LogP contribution in [0.15, 0.2) is 0 Å². The molecule has 0 saturated carbocycles. The fourth-order valence-electron chi connectivity index (χ4n) is 1.27. The lowest BCUT2D eigenvalue weighted by Gasteiger charge is -2.13. The van der Waals surface area contributed by atoms with Crippen molar-refractivity contribution in [3.05, 3.63) is 0 Å². The number of thioether (sulfide) groups is 1. The van der Waals surface area contributed by atoms with Crippen LogP contribution >= 0.6 is 11.8 Å². The lowest BCUT2D eigenvalue weighted by molar-refractivity contribution is -0.144. The highest BCUT2D eigenvalue weighted by molar-refractivity contribution is 7.99. The van der Waals surface area contributed by atoms with Crippen molar-refractivity contribution < 1.29 is 14.3 Å². The monoisotopic (exact) mass is 261 g/mol. The van der Waals surface area contributed by atoms with E-state index >= 15 is 0 Å². The van der Waals surface area contributed by atoms with Gasteiger partial charge in [0, 0.05) is 12.5 Å². The average Bonchev–Trinajstić information content (AvgIpc) is 2.27. The molecule has 0 aromatic carbocycles. The number of carbonyl (C=O) groups is 2. The number of rotatable bonds is 9. The summed E-state index contributed by atoms with van der Waals surface area (Å²) in [6, 6.07) is 0.170. The smallest absolute Gasteiger partial charge is 0.306 e. The van der Waals surface area contributed by atoms with Crippen molar-refractivity contribution in [1.29, 1.82) is 0 Å². The van der Waals surface area contributed by atoms with Gasteiger partial charge in [-0.2, -0.15) is 11.8 Å². The van der Waals surface area contributed by atoms with Gasteiger partial charge < -0.3 is 10.1 Å². The Kier molecular flexibility index (Phi) is 10.0. The quantitative estimate of drug-likeness (QED) is 0.509. The van der Waals surface area contributed by atoms with Gasteiger partial charge in [-0.05, 0) is 31.8 Å². The van der Waals surface area contributed by atoms with E-state index in [2.05, 4.69) is 12.2 Å². The zero-order valence-corrected chi connectivity index (χ0v) is 11.8. The highest BCUT2D eigenvalue weighted by Gasteiger charge is 2.10. The predicted molar refractivity (Wildman–Crippen MR) is 71.1 cm³/mol. The van der Waals surface area contributed by atoms with Crippen LogP contribution < -0.4 is 5.32 Å². The number of nitrogens with one attached hydrogen (secondary N) is 1. The molecule has 5 heteroatoms. The fourth-order valence-corrected chi connectivity index (χ4v) is 2.08. The lowest BCUT2D eigenvalue weighted by Crippen LogP contribution is -2.33. The van der Waals surface area contributed by atoms with Gasteiger partial charge >= 0.3 is 5.97 Å². The minimum absolute atomic E-state index is 0.0768. The Hall–Kier alpha value is -0.710. The highest BCUT2D eigenvalue weighted by atomic mass is 32.2. The van der Waals surface area contributed by atoms with Crippen molar-refractivity contribution in [2.75, 3.05) is 18.1 Å². The van der Waals surface area contributed by atoms with Crippen LogP contribution in [0.4, 0.5) is 0 Å². The van der Waals surface area contributed by atoms with Crippen molar-refractivity contribution in [1.82, 2.24) is 5.32 Å². The van der Waals surface area contributed by atoms with Crippen molar-refractivity contribution >= 4 is 23.6 Å². The maximum absolute atomic E-state index is 11.5. The zero-order chi connectivity index (χ0) is 13.1. The Bertz CT molecular complexity index is 234. The fraction of sp³-hybridized carbons (Fsp3) is 0.833. The summed E-state index contributed by atoms with van der Waals surface area (Å²) in [6.07, 6.45) is 1.34. The van der Waals surface area contributed by atoms with Crippen molar-refractivity contribution in [2.45, 2.75) is 46.1 Å². The molecule has 1 atom stereocenters. The molecule has 0 fully saturated rings. The standard InChI is InChI=1S/C12H23NO3S/c1-4-16-12(15)7-6-11(14)13-10(3)8-9-17-5-2/h10H,4-9H2,1-3H3,(H,13,14). The first kappa shape index (κ1) is 16.3. The third kappa shape index (κ3) is 10.2. The molecule has 0 aliphatic rings. The topological polar surface area (TPSA) is 55.4 Å². The molecule has 0 aromatic rings. The molecule has 0 radical (unpaired) electrons. The number of hydrogen-bond donors (Lipinski definition) is 1. The molecule has 100 valence electrons. The molecule has 17 heavy (non-hydrogen) atoms. The molecule has 0 spiro atoms. The van der Waals surface area contributed by atoms with Crippen LogP contribution in [0.2, 0.25) is 0 Å². The van der Waals surface area contributed by atoms with Gasteiger partial charge in [-0.3, -0.25) is 9.59 Å². The summed E-state index contributed by atoms with van der Waals surface area (Å²) in [6.45, 7) is 6.22. The third-order valence-electron chi connectivity index (χ3n) is 2.17. The van der Waals surface area contributed by atoms with Gasteiger partial charge in [-0.25, -0.2) is 0 Å². The number of hydrogen-bond acceptors (Lipinski definition) is 4. The van der Waals surface area contributed by atoms with E-state index in [9.17, 15) is 9.59 Å². The lowest BCUT2D eigenvalue weighted by atomic mass is 10.2. The maximum Gasteiger partial charge on any atom is 0.306 e. The first-order valence-electron chi connectivity index (χ1n) is 6.12. The molecule has 0 aliphatic heterocycles. The van der Waals surface area contributed by atoms with Crippen LogP contribution in [-0.4, -0.2) is 36.0 Å². The van der Waals surface area contributed by atoms with E-state index in [0.717, 1.165) is 17.9 Å². The molecule has 1 N–H and O–H groups in total. The van der Waals surface area contributed by atoms with E-state index in [1.165, 1.54) is 0 Å². The van der Waals surface area contributed by atoms with E-state index in [1.807, 2.05) is 18.7 Å². The molecule has 0 rings (SSSR count). The van der Waals surface area contributed by atoms with Gasteiger partial charge in [0.2, 0.25) is 5.91 Å². The largest absolute Gasteiger partial charge is 0.466 e. The summed E-state index contributed by atoms with van der Waals surface area (Å²) in [5.41, 5.74) is 0. The molecular formula is C12H23NO3S. The average molecular weight is 261 g/mol. The highest BCUT2D eigenvalue weighted by Crippen LogP contribution is 2.04. The second kappa shape index (κ2) is 10.4. The minimum atomic E-state index is -0.308. The second-order valence-corrected chi connectivity index (χ2v) is 5.15. The molecule has 0 bridgehead atoms. The molecule has 1 amide bonds. The van der Waals surface area contributed by atoms with Crippen LogP contribution in [0.5, 0.6) is 0 Å². The van der Waals surface area contributed by atoms with Crippen LogP contribution in [0.3, 0.4) is 0 Å². The van der Waals surface area contributed by atoms with E-state index in [-0.39, 0.29) is 30.8 Å². The molecule has 1 unspecified atom stereocenters. The first-order valence-corrected chi connectivity index (χ1v) is 7.28. The van der Waals surface area contributed by atoms with Crippen molar-refractivity contribution in [3.63, 3.8) is 0 Å². The Morgan fingerprint density at radius 2 is 2.00 bits per heavy atom. The summed E-state index contributed by atoms with van der Waals surface area (Å²) >= 11 is 1.86. The van der Waals surface area contributed by atoms with Crippen LogP contribution in [-0.2, 0) is 14.3 Å². The first-order chi connectivity index (χ1) is 8.10. The van der Waals surface area contributed by atoms with Gasteiger partial charge in [0.15, 0.2) is 0 Å². The predicted octanol–water partition coefficient (Wildman–Crippen LogP) is 1.98. The Balaban J connectivity index is 3.60. The number of esters is 1. The maximum atomic E-state index is 11.5. The SMILES string of the molecule is CCOC(=O)CCC(=O)NC(C)CCSCC. The van der Waals surface area contributed by atoms with Gasteiger partial charge in [-0.15, -0.1) is 0 Å². The molecule has 0 heterocycles. The molecule has 4 nitrogen and oxygen atoms in total. The summed E-state index contributed by atoms with van der Waals surface area (Å²) in [7, 11) is 0. The summed E-state index contributed by atoms with van der Waals surface area (Å²) in [4.78, 5) is 22.5. The third-order valence-corrected chi connectivity index (χ3v) is 3.10. The van der Waals surface area contributed by atoms with Crippen LogP contribution in [0.25, 0.3) is 0 Å².